The first kappa shape index (κ1) is 16.1. The average Bonchev–Trinajstić information content (AvgIpc) is 3.07. The quantitative estimate of drug-likeness (QED) is 0.837. The van der Waals surface area contributed by atoms with Crippen LogP contribution in [0.3, 0.4) is 0 Å². The molecule has 2 heterocycles. The van der Waals surface area contributed by atoms with Crippen LogP contribution in [0, 0.1) is 6.92 Å². The van der Waals surface area contributed by atoms with E-state index in [4.69, 9.17) is 0 Å². The fourth-order valence-electron chi connectivity index (χ4n) is 2.79. The van der Waals surface area contributed by atoms with Gasteiger partial charge in [-0.15, -0.1) is 5.10 Å². The van der Waals surface area contributed by atoms with Crippen LogP contribution in [0.5, 0.6) is 0 Å². The summed E-state index contributed by atoms with van der Waals surface area (Å²) >= 11 is 0. The Hall–Kier alpha value is -2.77. The molecular weight excluding hydrogens is 308 g/mol. The zero-order valence-corrected chi connectivity index (χ0v) is 14.0. The van der Waals surface area contributed by atoms with Gasteiger partial charge in [-0.1, -0.05) is 36.8 Å². The van der Waals surface area contributed by atoms with Crippen molar-refractivity contribution in [1.29, 1.82) is 0 Å². The van der Waals surface area contributed by atoms with Gasteiger partial charge in [0.1, 0.15) is 5.54 Å². The molecule has 3 amide bonds. The lowest BCUT2D eigenvalue weighted by molar-refractivity contribution is -0.131. The molecule has 1 N–H and O–H groups in total. The van der Waals surface area contributed by atoms with Gasteiger partial charge in [-0.2, -0.15) is 0 Å². The minimum absolute atomic E-state index is 0.0547. The topological polar surface area (TPSA) is 93.0 Å². The van der Waals surface area contributed by atoms with Gasteiger partial charge in [0.2, 0.25) is 0 Å². The molecule has 8 nitrogen and oxygen atoms in total. The molecule has 0 unspecified atom stereocenters. The summed E-state index contributed by atoms with van der Waals surface area (Å²) in [5.41, 5.74) is 0.769. The Morgan fingerprint density at radius 1 is 1.21 bits per heavy atom. The molecule has 8 heteroatoms. The van der Waals surface area contributed by atoms with Gasteiger partial charge in [0.25, 0.3) is 5.91 Å². The number of aryl methyl sites for hydroxylation is 2. The average molecular weight is 328 g/mol. The highest BCUT2D eigenvalue weighted by atomic mass is 16.2. The van der Waals surface area contributed by atoms with Crippen LogP contribution in [-0.2, 0) is 23.4 Å². The Morgan fingerprint density at radius 2 is 1.92 bits per heavy atom. The van der Waals surface area contributed by atoms with Crippen molar-refractivity contribution in [3.8, 4) is 0 Å². The fraction of sp³-hybridized carbons (Fsp3) is 0.438. The van der Waals surface area contributed by atoms with E-state index < -0.39 is 11.6 Å². The summed E-state index contributed by atoms with van der Waals surface area (Å²) in [5, 5.41) is 14.2. The van der Waals surface area contributed by atoms with Gasteiger partial charge in [0.05, 0.1) is 6.54 Å². The van der Waals surface area contributed by atoms with Gasteiger partial charge in [0.15, 0.2) is 5.82 Å². The van der Waals surface area contributed by atoms with E-state index in [9.17, 15) is 9.59 Å². The molecule has 1 atom stereocenters. The number of nitrogens with one attached hydrogen (secondary N) is 1. The maximum atomic E-state index is 12.9. The van der Waals surface area contributed by atoms with E-state index >= 15 is 0 Å². The second kappa shape index (κ2) is 6.03. The van der Waals surface area contributed by atoms with E-state index in [1.54, 1.807) is 11.6 Å². The van der Waals surface area contributed by atoms with Gasteiger partial charge in [0, 0.05) is 6.54 Å². The highest BCUT2D eigenvalue weighted by Crippen LogP contribution is 2.29. The Morgan fingerprint density at radius 3 is 2.58 bits per heavy atom. The zero-order chi connectivity index (χ0) is 17.3. The molecule has 1 fully saturated rings. The monoisotopic (exact) mass is 328 g/mol. The second-order valence-electron chi connectivity index (χ2n) is 6.13. The van der Waals surface area contributed by atoms with E-state index in [2.05, 4.69) is 20.8 Å². The number of rotatable bonds is 5. The summed E-state index contributed by atoms with van der Waals surface area (Å²) in [5.74, 6) is 0.191. The number of imide groups is 1. The first-order valence-electron chi connectivity index (χ1n) is 7.92. The predicted octanol–water partition coefficient (Wildman–Crippen LogP) is 1.36. The molecule has 2 aromatic rings. The lowest BCUT2D eigenvalue weighted by Crippen LogP contribution is -2.40. The number of amides is 3. The summed E-state index contributed by atoms with van der Waals surface area (Å²) < 4.78 is 1.61. The van der Waals surface area contributed by atoms with E-state index in [1.807, 2.05) is 38.1 Å². The van der Waals surface area contributed by atoms with Crippen LogP contribution in [0.1, 0.15) is 37.2 Å². The smallest absolute Gasteiger partial charge is 0.319 e. The highest BCUT2D eigenvalue weighted by molar-refractivity contribution is 6.07. The van der Waals surface area contributed by atoms with Crippen molar-refractivity contribution < 1.29 is 9.59 Å². The number of carbonyl (C=O) groups excluding carboxylic acids is 2. The minimum Gasteiger partial charge on any atom is -0.319 e. The van der Waals surface area contributed by atoms with Crippen molar-refractivity contribution in [1.82, 2.24) is 30.4 Å². The molecule has 0 bridgehead atoms. The molecule has 0 spiro atoms. The maximum absolute atomic E-state index is 12.9. The van der Waals surface area contributed by atoms with Crippen LogP contribution in [0.4, 0.5) is 4.79 Å². The molecule has 126 valence electrons. The van der Waals surface area contributed by atoms with E-state index in [-0.39, 0.29) is 12.5 Å². The Labute approximate surface area is 139 Å². The van der Waals surface area contributed by atoms with Crippen molar-refractivity contribution in [2.45, 2.75) is 45.8 Å². The van der Waals surface area contributed by atoms with Gasteiger partial charge in [-0.25, -0.2) is 9.48 Å². The molecule has 1 aliphatic rings. The number of tetrazole rings is 1. The number of benzene rings is 1. The molecule has 0 aliphatic carbocycles. The van der Waals surface area contributed by atoms with E-state index in [0.29, 0.717) is 12.4 Å². The normalized spacial score (nSPS) is 20.5. The van der Waals surface area contributed by atoms with Crippen LogP contribution >= 0.6 is 0 Å². The van der Waals surface area contributed by atoms with Crippen molar-refractivity contribution >= 4 is 11.9 Å². The molecule has 1 aromatic heterocycles. The van der Waals surface area contributed by atoms with Crippen LogP contribution in [0.2, 0.25) is 0 Å². The molecule has 1 aliphatic heterocycles. The third kappa shape index (κ3) is 2.64. The molecule has 24 heavy (non-hydrogen) atoms. The summed E-state index contributed by atoms with van der Waals surface area (Å²) in [6.45, 7) is 6.39. The number of hydrogen-bond acceptors (Lipinski definition) is 5. The van der Waals surface area contributed by atoms with E-state index in [0.717, 1.165) is 22.4 Å². The first-order chi connectivity index (χ1) is 11.5. The van der Waals surface area contributed by atoms with Crippen LogP contribution in [-0.4, -0.2) is 37.0 Å². The first-order valence-corrected chi connectivity index (χ1v) is 7.92. The predicted molar refractivity (Wildman–Crippen MR) is 85.7 cm³/mol. The number of urea groups is 1. The van der Waals surface area contributed by atoms with E-state index in [1.165, 1.54) is 0 Å². The SMILES string of the molecule is CCCn1nnnc1CN1C(=O)N[C@@](C)(c2ccc(C)cc2)C1=O. The third-order valence-electron chi connectivity index (χ3n) is 4.24. The molecule has 3 rings (SSSR count). The van der Waals surface area contributed by atoms with Gasteiger partial charge >= 0.3 is 6.03 Å². The number of hydrogen-bond donors (Lipinski definition) is 1. The van der Waals surface area contributed by atoms with Crippen molar-refractivity contribution in [2.75, 3.05) is 0 Å². The highest BCUT2D eigenvalue weighted by Gasteiger charge is 2.49. The van der Waals surface area contributed by atoms with Crippen LogP contribution in [0.15, 0.2) is 24.3 Å². The Kier molecular flexibility index (Phi) is 4.04. The minimum atomic E-state index is -1.08. The molecule has 1 aromatic carbocycles. The summed E-state index contributed by atoms with van der Waals surface area (Å²) in [7, 11) is 0. The van der Waals surface area contributed by atoms with Gasteiger partial charge < -0.3 is 5.32 Å². The third-order valence-corrected chi connectivity index (χ3v) is 4.24. The van der Waals surface area contributed by atoms with Crippen molar-refractivity contribution in [3.63, 3.8) is 0 Å². The van der Waals surface area contributed by atoms with Gasteiger partial charge in [-0.3, -0.25) is 9.69 Å². The second-order valence-corrected chi connectivity index (χ2v) is 6.13. The summed E-state index contributed by atoms with van der Waals surface area (Å²) in [4.78, 5) is 26.4. The number of carbonyl (C=O) groups is 2. The van der Waals surface area contributed by atoms with Crippen molar-refractivity contribution in [2.24, 2.45) is 0 Å². The zero-order valence-electron chi connectivity index (χ0n) is 14.0. The largest absolute Gasteiger partial charge is 0.325 e. The number of nitrogens with zero attached hydrogens (tertiary/aromatic N) is 5. The standard InChI is InChI=1S/C16H20N6O2/c1-4-9-22-13(18-19-20-22)10-21-14(23)16(3,17-15(21)24)12-7-5-11(2)6-8-12/h5-8H,4,9-10H2,1-3H3,(H,17,24)/t16-/m0/s1. The lowest BCUT2D eigenvalue weighted by atomic mass is 9.91. The lowest BCUT2D eigenvalue weighted by Gasteiger charge is -2.22. The molecule has 1 saturated heterocycles. The Bertz CT molecular complexity index is 769. The van der Waals surface area contributed by atoms with Gasteiger partial charge in [-0.05, 0) is 36.3 Å². The van der Waals surface area contributed by atoms with Crippen LogP contribution < -0.4 is 5.32 Å². The fourth-order valence-corrected chi connectivity index (χ4v) is 2.79. The molecule has 0 radical (unpaired) electrons. The summed E-state index contributed by atoms with van der Waals surface area (Å²) in [6, 6.07) is 7.12. The molecular formula is C16H20N6O2. The maximum Gasteiger partial charge on any atom is 0.325 e. The number of aromatic nitrogens is 4. The molecule has 0 saturated carbocycles. The van der Waals surface area contributed by atoms with Crippen molar-refractivity contribution in [3.05, 3.63) is 41.2 Å². The summed E-state index contributed by atoms with van der Waals surface area (Å²) in [6.07, 6.45) is 0.860. The Balaban J connectivity index is 1.86. The van der Waals surface area contributed by atoms with Crippen LogP contribution in [0.25, 0.3) is 0 Å².